The lowest BCUT2D eigenvalue weighted by molar-refractivity contribution is 0.0690. The first-order chi connectivity index (χ1) is 9.72. The van der Waals surface area contributed by atoms with Crippen LogP contribution in [0.3, 0.4) is 0 Å². The third kappa shape index (κ3) is 2.39. The van der Waals surface area contributed by atoms with E-state index in [0.717, 1.165) is 12.0 Å². The van der Waals surface area contributed by atoms with Crippen LogP contribution in [0.2, 0.25) is 0 Å². The Kier molecular flexibility index (Phi) is 2.96. The zero-order valence-corrected chi connectivity index (χ0v) is 10.2. The first-order valence-electron chi connectivity index (χ1n) is 5.70. The predicted octanol–water partition coefficient (Wildman–Crippen LogP) is 0.939. The van der Waals surface area contributed by atoms with Crippen molar-refractivity contribution in [3.63, 3.8) is 0 Å². The van der Waals surface area contributed by atoms with Gasteiger partial charge < -0.3 is 9.52 Å². The molecule has 0 aliphatic heterocycles. The lowest BCUT2D eigenvalue weighted by atomic mass is 10.2. The Hall–Kier alpha value is -3.03. The van der Waals surface area contributed by atoms with Gasteiger partial charge in [-0.3, -0.25) is 4.98 Å². The normalized spacial score (nSPS) is 10.6. The van der Waals surface area contributed by atoms with Gasteiger partial charge in [-0.25, -0.2) is 19.4 Å². The fourth-order valence-electron chi connectivity index (χ4n) is 1.64. The minimum atomic E-state index is -1.12. The number of hydrogen-bond acceptors (Lipinski definition) is 6. The molecule has 0 aliphatic carbocycles. The minimum Gasteiger partial charge on any atom is -0.476 e. The largest absolute Gasteiger partial charge is 0.476 e. The number of rotatable bonds is 4. The highest BCUT2D eigenvalue weighted by Crippen LogP contribution is 2.10. The fourth-order valence-corrected chi connectivity index (χ4v) is 1.64. The maximum atomic E-state index is 10.7. The van der Waals surface area contributed by atoms with E-state index < -0.39 is 5.97 Å². The van der Waals surface area contributed by atoms with Crippen LogP contribution in [0.15, 0.2) is 41.7 Å². The van der Waals surface area contributed by atoms with Crippen LogP contribution in [0.25, 0.3) is 5.69 Å². The highest BCUT2D eigenvalue weighted by Gasteiger charge is 2.11. The number of pyridine rings is 1. The predicted molar refractivity (Wildman–Crippen MR) is 65.4 cm³/mol. The van der Waals surface area contributed by atoms with Gasteiger partial charge >= 0.3 is 5.97 Å². The van der Waals surface area contributed by atoms with Gasteiger partial charge in [0.2, 0.25) is 5.89 Å². The molecule has 20 heavy (non-hydrogen) atoms. The van der Waals surface area contributed by atoms with Crippen molar-refractivity contribution in [2.45, 2.75) is 6.42 Å². The highest BCUT2D eigenvalue weighted by atomic mass is 16.4. The number of carbonyl (C=O) groups is 1. The van der Waals surface area contributed by atoms with Crippen LogP contribution < -0.4 is 0 Å². The molecule has 3 aromatic rings. The van der Waals surface area contributed by atoms with Crippen LogP contribution in [-0.4, -0.2) is 35.8 Å². The summed E-state index contributed by atoms with van der Waals surface area (Å²) in [6.45, 7) is 0. The quantitative estimate of drug-likeness (QED) is 0.752. The lowest BCUT2D eigenvalue weighted by Crippen LogP contribution is -1.99. The molecular formula is C12H9N5O3. The molecule has 3 aromatic heterocycles. The molecule has 3 rings (SSSR count). The molecule has 0 spiro atoms. The van der Waals surface area contributed by atoms with Crippen molar-refractivity contribution in [3.8, 4) is 5.69 Å². The topological polar surface area (TPSA) is 107 Å². The number of hydrogen-bond donors (Lipinski definition) is 1. The van der Waals surface area contributed by atoms with Crippen molar-refractivity contribution in [3.05, 3.63) is 54.5 Å². The molecule has 8 heteroatoms. The molecular weight excluding hydrogens is 262 g/mol. The summed E-state index contributed by atoms with van der Waals surface area (Å²) in [6.07, 6.45) is 6.09. The Labute approximate surface area is 112 Å². The van der Waals surface area contributed by atoms with Crippen molar-refractivity contribution in [1.82, 2.24) is 24.7 Å². The molecule has 1 N–H and O–H groups in total. The van der Waals surface area contributed by atoms with Gasteiger partial charge in [-0.15, -0.1) is 0 Å². The zero-order chi connectivity index (χ0) is 13.9. The van der Waals surface area contributed by atoms with Crippen molar-refractivity contribution >= 4 is 5.97 Å². The van der Waals surface area contributed by atoms with Crippen molar-refractivity contribution in [1.29, 1.82) is 0 Å². The standard InChI is InChI=1S/C12H9N5O3/c18-12(19)10-5-20-11(16-10)3-8-1-2-9(4-14-8)17-7-13-6-15-17/h1-2,4-7H,3H2,(H,18,19). The molecule has 0 atom stereocenters. The highest BCUT2D eigenvalue weighted by molar-refractivity contribution is 5.84. The summed E-state index contributed by atoms with van der Waals surface area (Å²) >= 11 is 0. The number of carboxylic acids is 1. The molecule has 0 aromatic carbocycles. The van der Waals surface area contributed by atoms with Gasteiger partial charge in [-0.2, -0.15) is 5.10 Å². The second-order valence-electron chi connectivity index (χ2n) is 3.96. The Bertz CT molecular complexity index is 718. The Morgan fingerprint density at radius 2 is 2.30 bits per heavy atom. The van der Waals surface area contributed by atoms with Gasteiger partial charge in [0.15, 0.2) is 5.69 Å². The molecule has 0 aliphatic rings. The van der Waals surface area contributed by atoms with Gasteiger partial charge in [0.05, 0.1) is 18.3 Å². The molecule has 100 valence electrons. The minimum absolute atomic E-state index is 0.112. The second-order valence-corrected chi connectivity index (χ2v) is 3.96. The maximum absolute atomic E-state index is 10.7. The monoisotopic (exact) mass is 271 g/mol. The number of aromatic carboxylic acids is 1. The molecule has 0 amide bonds. The van der Waals surface area contributed by atoms with E-state index in [1.54, 1.807) is 23.3 Å². The molecule has 8 nitrogen and oxygen atoms in total. The summed E-state index contributed by atoms with van der Waals surface area (Å²) in [5.41, 5.74) is 1.39. The number of nitrogens with zero attached hydrogens (tertiary/aromatic N) is 5. The third-order valence-corrected chi connectivity index (χ3v) is 2.60. The number of carboxylic acid groups (broad SMARTS) is 1. The Balaban J connectivity index is 1.76. The average Bonchev–Trinajstić information content (AvgIpc) is 3.10. The van der Waals surface area contributed by atoms with E-state index in [1.165, 1.54) is 6.33 Å². The third-order valence-electron chi connectivity index (χ3n) is 2.60. The number of oxazole rings is 1. The van der Waals surface area contributed by atoms with Gasteiger partial charge in [0, 0.05) is 5.69 Å². The summed E-state index contributed by atoms with van der Waals surface area (Å²) in [6, 6.07) is 3.62. The molecule has 0 radical (unpaired) electrons. The van der Waals surface area contributed by atoms with Crippen LogP contribution in [0.5, 0.6) is 0 Å². The number of aromatic nitrogens is 5. The van der Waals surface area contributed by atoms with Gasteiger partial charge in [-0.05, 0) is 12.1 Å². The van der Waals surface area contributed by atoms with Crippen LogP contribution in [0, 0.1) is 0 Å². The summed E-state index contributed by atoms with van der Waals surface area (Å²) in [5.74, 6) is -0.808. The van der Waals surface area contributed by atoms with E-state index in [4.69, 9.17) is 9.52 Å². The van der Waals surface area contributed by atoms with Crippen LogP contribution in [0.4, 0.5) is 0 Å². The van der Waals surface area contributed by atoms with Crippen LogP contribution in [0.1, 0.15) is 22.1 Å². The SMILES string of the molecule is O=C(O)c1coc(Cc2ccc(-n3cncn3)cn2)n1. The van der Waals surface area contributed by atoms with E-state index in [1.807, 2.05) is 6.07 Å². The van der Waals surface area contributed by atoms with Crippen LogP contribution in [-0.2, 0) is 6.42 Å². The Morgan fingerprint density at radius 3 is 2.90 bits per heavy atom. The Morgan fingerprint density at radius 1 is 1.40 bits per heavy atom. The summed E-state index contributed by atoms with van der Waals surface area (Å²) in [4.78, 5) is 22.6. The van der Waals surface area contributed by atoms with Gasteiger partial charge in [0.1, 0.15) is 18.9 Å². The molecule has 3 heterocycles. The van der Waals surface area contributed by atoms with E-state index in [-0.39, 0.29) is 5.69 Å². The molecule has 0 bridgehead atoms. The summed E-state index contributed by atoms with van der Waals surface area (Å²) in [7, 11) is 0. The zero-order valence-electron chi connectivity index (χ0n) is 10.2. The van der Waals surface area contributed by atoms with Crippen molar-refractivity contribution in [2.24, 2.45) is 0 Å². The average molecular weight is 271 g/mol. The molecule has 0 unspecified atom stereocenters. The van der Waals surface area contributed by atoms with E-state index in [9.17, 15) is 4.79 Å². The van der Waals surface area contributed by atoms with E-state index in [0.29, 0.717) is 18.0 Å². The summed E-state index contributed by atoms with van der Waals surface area (Å²) < 4.78 is 6.66. The van der Waals surface area contributed by atoms with Crippen LogP contribution >= 0.6 is 0 Å². The lowest BCUT2D eigenvalue weighted by Gasteiger charge is -2.01. The fraction of sp³-hybridized carbons (Fsp3) is 0.0833. The first kappa shape index (κ1) is 12.0. The smallest absolute Gasteiger partial charge is 0.357 e. The van der Waals surface area contributed by atoms with E-state index >= 15 is 0 Å². The second kappa shape index (κ2) is 4.92. The van der Waals surface area contributed by atoms with E-state index in [2.05, 4.69) is 20.1 Å². The van der Waals surface area contributed by atoms with Gasteiger partial charge in [0.25, 0.3) is 0 Å². The molecule has 0 saturated carbocycles. The van der Waals surface area contributed by atoms with Gasteiger partial charge in [-0.1, -0.05) is 0 Å². The first-order valence-corrected chi connectivity index (χ1v) is 5.70. The molecule has 0 saturated heterocycles. The maximum Gasteiger partial charge on any atom is 0.357 e. The van der Waals surface area contributed by atoms with Crippen molar-refractivity contribution in [2.75, 3.05) is 0 Å². The van der Waals surface area contributed by atoms with Crippen molar-refractivity contribution < 1.29 is 14.3 Å². The summed E-state index contributed by atoms with van der Waals surface area (Å²) in [5, 5.41) is 12.7. The molecule has 0 fully saturated rings.